The smallest absolute Gasteiger partial charge is 0.0636 e. The lowest BCUT2D eigenvalue weighted by Gasteiger charge is -2.15. The molecule has 1 heteroatoms. The molecule has 2 rings (SSSR count). The summed E-state index contributed by atoms with van der Waals surface area (Å²) < 4.78 is 0. The second kappa shape index (κ2) is 4.66. The van der Waals surface area contributed by atoms with Crippen LogP contribution in [0.15, 0.2) is 48.5 Å². The van der Waals surface area contributed by atoms with Gasteiger partial charge in [0.15, 0.2) is 0 Å². The number of hydrogen-bond donors (Lipinski definition) is 0. The van der Waals surface area contributed by atoms with Crippen LogP contribution in [0, 0.1) is 6.92 Å². The Bertz CT molecular complexity index is 471. The van der Waals surface area contributed by atoms with Gasteiger partial charge in [-0.2, -0.15) is 0 Å². The molecule has 0 aliphatic heterocycles. The molecule has 0 saturated carbocycles. The van der Waals surface area contributed by atoms with Crippen LogP contribution in [0.5, 0.6) is 0 Å². The normalized spacial score (nSPS) is 12.4. The van der Waals surface area contributed by atoms with Crippen LogP contribution >= 0.6 is 0 Å². The van der Waals surface area contributed by atoms with E-state index in [1.165, 1.54) is 21.9 Å². The van der Waals surface area contributed by atoms with Crippen molar-refractivity contribution in [3.63, 3.8) is 0 Å². The molecule has 3 radical (unpaired) electrons. The Kier molecular flexibility index (Phi) is 3.25. The first-order chi connectivity index (χ1) is 7.68. The van der Waals surface area contributed by atoms with Crippen LogP contribution in [0.3, 0.4) is 0 Å². The summed E-state index contributed by atoms with van der Waals surface area (Å²) in [7, 11) is 3.66. The summed E-state index contributed by atoms with van der Waals surface area (Å²) >= 11 is 0. The van der Waals surface area contributed by atoms with E-state index in [1.54, 1.807) is 0 Å². The molecule has 2 aromatic carbocycles. The second-order valence-corrected chi connectivity index (χ2v) is 4.76. The summed E-state index contributed by atoms with van der Waals surface area (Å²) in [5.74, 6) is 0.425. The van der Waals surface area contributed by atoms with Crippen molar-refractivity contribution in [3.05, 3.63) is 65.2 Å². The molecule has 0 saturated heterocycles. The summed E-state index contributed by atoms with van der Waals surface area (Å²) in [6.45, 7) is 4.36. The molecular formula is C15H15Si. The van der Waals surface area contributed by atoms with Crippen molar-refractivity contribution in [2.24, 2.45) is 0 Å². The third-order valence-electron chi connectivity index (χ3n) is 3.00. The summed E-state index contributed by atoms with van der Waals surface area (Å²) in [5.41, 5.74) is 4.00. The highest BCUT2D eigenvalue weighted by atomic mass is 28.1. The molecule has 0 fully saturated rings. The zero-order valence-electron chi connectivity index (χ0n) is 9.70. The van der Waals surface area contributed by atoms with E-state index in [0.29, 0.717) is 5.92 Å². The van der Waals surface area contributed by atoms with Crippen LogP contribution in [-0.4, -0.2) is 10.2 Å². The van der Waals surface area contributed by atoms with E-state index in [2.05, 4.69) is 66.6 Å². The Morgan fingerprint density at radius 2 is 1.56 bits per heavy atom. The molecule has 0 aliphatic carbocycles. The first-order valence-electron chi connectivity index (χ1n) is 5.55. The Labute approximate surface area is 101 Å². The van der Waals surface area contributed by atoms with Gasteiger partial charge in [-0.15, -0.1) is 0 Å². The zero-order valence-corrected chi connectivity index (χ0v) is 10.7. The molecule has 0 N–H and O–H groups in total. The van der Waals surface area contributed by atoms with Crippen molar-refractivity contribution in [1.82, 2.24) is 0 Å². The lowest BCUT2D eigenvalue weighted by molar-refractivity contribution is 0.929. The standard InChI is InChI=1S/C15H15Si/c1-11-7-9-13(10-8-11)12(2)14-5-3-4-6-15(14)16/h3-10,12H,1-2H3. The van der Waals surface area contributed by atoms with E-state index >= 15 is 0 Å². The van der Waals surface area contributed by atoms with Crippen molar-refractivity contribution in [2.75, 3.05) is 0 Å². The molecule has 0 nitrogen and oxygen atoms in total. The van der Waals surface area contributed by atoms with Gasteiger partial charge in [-0.05, 0) is 18.1 Å². The van der Waals surface area contributed by atoms with Crippen LogP contribution in [0.25, 0.3) is 0 Å². The molecular weight excluding hydrogens is 208 g/mol. The van der Waals surface area contributed by atoms with Gasteiger partial charge in [-0.25, -0.2) is 0 Å². The maximum atomic E-state index is 3.66. The molecule has 16 heavy (non-hydrogen) atoms. The molecule has 0 amide bonds. The van der Waals surface area contributed by atoms with Gasteiger partial charge in [0.1, 0.15) is 0 Å². The van der Waals surface area contributed by atoms with Crippen LogP contribution in [0.2, 0.25) is 0 Å². The molecule has 0 heterocycles. The third kappa shape index (κ3) is 2.25. The average molecular weight is 223 g/mol. The molecule has 0 bridgehead atoms. The first-order valence-corrected chi connectivity index (χ1v) is 6.05. The number of benzene rings is 2. The van der Waals surface area contributed by atoms with E-state index in [0.717, 1.165) is 0 Å². The van der Waals surface area contributed by atoms with Crippen LogP contribution in [0.1, 0.15) is 29.5 Å². The van der Waals surface area contributed by atoms with E-state index in [1.807, 2.05) is 6.07 Å². The van der Waals surface area contributed by atoms with Gasteiger partial charge in [0, 0.05) is 5.92 Å². The molecule has 0 aromatic heterocycles. The van der Waals surface area contributed by atoms with Crippen LogP contribution in [-0.2, 0) is 0 Å². The number of hydrogen-bond acceptors (Lipinski definition) is 0. The maximum Gasteiger partial charge on any atom is 0.0716 e. The van der Waals surface area contributed by atoms with Gasteiger partial charge >= 0.3 is 0 Å². The van der Waals surface area contributed by atoms with E-state index in [4.69, 9.17) is 0 Å². The van der Waals surface area contributed by atoms with Crippen molar-refractivity contribution in [2.45, 2.75) is 19.8 Å². The monoisotopic (exact) mass is 223 g/mol. The largest absolute Gasteiger partial charge is 0.0716 e. The Morgan fingerprint density at radius 1 is 0.938 bits per heavy atom. The van der Waals surface area contributed by atoms with Crippen LogP contribution in [0.4, 0.5) is 0 Å². The van der Waals surface area contributed by atoms with Gasteiger partial charge < -0.3 is 0 Å². The topological polar surface area (TPSA) is 0 Å². The Balaban J connectivity index is 2.35. The number of rotatable bonds is 2. The van der Waals surface area contributed by atoms with Gasteiger partial charge in [0.2, 0.25) is 0 Å². The van der Waals surface area contributed by atoms with E-state index < -0.39 is 0 Å². The highest BCUT2D eigenvalue weighted by molar-refractivity contribution is 6.33. The molecule has 79 valence electrons. The van der Waals surface area contributed by atoms with Crippen molar-refractivity contribution in [3.8, 4) is 0 Å². The van der Waals surface area contributed by atoms with E-state index in [-0.39, 0.29) is 0 Å². The lowest BCUT2D eigenvalue weighted by atomic mass is 9.92. The van der Waals surface area contributed by atoms with Crippen LogP contribution < -0.4 is 5.19 Å². The minimum atomic E-state index is 0.425. The summed E-state index contributed by atoms with van der Waals surface area (Å²) in [6, 6.07) is 17.2. The molecule has 2 aromatic rings. The minimum absolute atomic E-state index is 0.425. The van der Waals surface area contributed by atoms with Gasteiger partial charge in [-0.3, -0.25) is 0 Å². The zero-order chi connectivity index (χ0) is 11.5. The van der Waals surface area contributed by atoms with Gasteiger partial charge in [0.25, 0.3) is 0 Å². The fourth-order valence-electron chi connectivity index (χ4n) is 1.91. The quantitative estimate of drug-likeness (QED) is 0.687. The van der Waals surface area contributed by atoms with Crippen molar-refractivity contribution >= 4 is 15.4 Å². The van der Waals surface area contributed by atoms with Gasteiger partial charge in [0.05, 0.1) is 10.2 Å². The average Bonchev–Trinajstić information content (AvgIpc) is 2.30. The summed E-state index contributed by atoms with van der Waals surface area (Å²) in [4.78, 5) is 0. The molecule has 0 aliphatic rings. The third-order valence-corrected chi connectivity index (χ3v) is 3.46. The summed E-state index contributed by atoms with van der Waals surface area (Å²) in [5, 5.41) is 1.18. The highest BCUT2D eigenvalue weighted by Gasteiger charge is 2.09. The fraction of sp³-hybridized carbons (Fsp3) is 0.200. The van der Waals surface area contributed by atoms with Crippen molar-refractivity contribution < 1.29 is 0 Å². The Morgan fingerprint density at radius 3 is 2.19 bits per heavy atom. The Hall–Kier alpha value is -1.34. The molecule has 0 spiro atoms. The highest BCUT2D eigenvalue weighted by Crippen LogP contribution is 2.22. The number of aryl methyl sites for hydroxylation is 1. The first kappa shape index (κ1) is 11.2. The summed E-state index contributed by atoms with van der Waals surface area (Å²) in [6.07, 6.45) is 0. The molecule has 1 atom stereocenters. The predicted molar refractivity (Wildman–Crippen MR) is 70.5 cm³/mol. The maximum absolute atomic E-state index is 3.66. The molecule has 1 unspecified atom stereocenters. The predicted octanol–water partition coefficient (Wildman–Crippen LogP) is 2.94. The van der Waals surface area contributed by atoms with E-state index in [9.17, 15) is 0 Å². The fourth-order valence-corrected chi connectivity index (χ4v) is 2.31. The lowest BCUT2D eigenvalue weighted by Crippen LogP contribution is -2.12. The van der Waals surface area contributed by atoms with Gasteiger partial charge in [-0.1, -0.05) is 66.2 Å². The van der Waals surface area contributed by atoms with Crippen molar-refractivity contribution in [1.29, 1.82) is 0 Å². The minimum Gasteiger partial charge on any atom is -0.0636 e. The SMILES string of the molecule is Cc1ccc(C(C)c2ccccc2[Si])cc1. The second-order valence-electron chi connectivity index (χ2n) is 4.22.